The van der Waals surface area contributed by atoms with Gasteiger partial charge in [0, 0.05) is 12.1 Å². The molecule has 0 aliphatic carbocycles. The van der Waals surface area contributed by atoms with Gasteiger partial charge in [-0.05, 0) is 48.9 Å². The lowest BCUT2D eigenvalue weighted by Crippen LogP contribution is -2.34. The Bertz CT molecular complexity index is 747. The predicted octanol–water partition coefficient (Wildman–Crippen LogP) is 2.49. The minimum atomic E-state index is -3.04. The summed E-state index contributed by atoms with van der Waals surface area (Å²) in [5, 5.41) is 0. The van der Waals surface area contributed by atoms with Crippen LogP contribution in [-0.4, -0.2) is 12.3 Å². The summed E-state index contributed by atoms with van der Waals surface area (Å²) in [6, 6.07) is 11.4. The Labute approximate surface area is 145 Å². The van der Waals surface area contributed by atoms with Crippen LogP contribution in [0.2, 0.25) is 0 Å². The van der Waals surface area contributed by atoms with Crippen molar-refractivity contribution in [3.05, 3.63) is 59.9 Å². The van der Waals surface area contributed by atoms with Gasteiger partial charge in [-0.3, -0.25) is 15.6 Å². The Morgan fingerprint density at radius 2 is 1.68 bits per heavy atom. The largest absolute Gasteiger partial charge is 0.317 e. The molecule has 0 bridgehead atoms. The summed E-state index contributed by atoms with van der Waals surface area (Å²) >= 11 is 0. The Kier molecular flexibility index (Phi) is 6.90. The van der Waals surface area contributed by atoms with Gasteiger partial charge in [-0.25, -0.2) is 0 Å². The van der Waals surface area contributed by atoms with Gasteiger partial charge in [0.15, 0.2) is 12.4 Å². The fourth-order valence-electron chi connectivity index (χ4n) is 2.16. The Morgan fingerprint density at radius 1 is 1.08 bits per heavy atom. The molecule has 1 aromatic heterocycles. The SMILES string of the molecule is CC#CC[n+]1ccc(CCc2ccc(NNC(=O)C(F)F)cc2)cc1. The first-order chi connectivity index (χ1) is 12.1. The highest BCUT2D eigenvalue weighted by Gasteiger charge is 2.13. The first kappa shape index (κ1) is 18.4. The number of anilines is 1. The van der Waals surface area contributed by atoms with Crippen molar-refractivity contribution in [3.63, 3.8) is 0 Å². The quantitative estimate of drug-likeness (QED) is 0.460. The highest BCUT2D eigenvalue weighted by molar-refractivity contribution is 5.80. The number of aromatic nitrogens is 1. The molecule has 1 heterocycles. The number of hydrogen-bond donors (Lipinski definition) is 2. The molecule has 6 heteroatoms. The number of pyridine rings is 1. The van der Waals surface area contributed by atoms with E-state index in [1.165, 1.54) is 5.56 Å². The number of carbonyl (C=O) groups excluding carboxylic acids is 1. The first-order valence-corrected chi connectivity index (χ1v) is 7.89. The van der Waals surface area contributed by atoms with Gasteiger partial charge in [-0.15, -0.1) is 5.92 Å². The number of amides is 1. The van der Waals surface area contributed by atoms with E-state index in [4.69, 9.17) is 0 Å². The van der Waals surface area contributed by atoms with E-state index in [0.717, 1.165) is 18.4 Å². The van der Waals surface area contributed by atoms with Gasteiger partial charge < -0.3 is 0 Å². The van der Waals surface area contributed by atoms with Gasteiger partial charge in [0.2, 0.25) is 6.54 Å². The molecular formula is C19H20F2N3O+. The number of carbonyl (C=O) groups is 1. The Hall–Kier alpha value is -2.94. The summed E-state index contributed by atoms with van der Waals surface area (Å²) in [5.74, 6) is 4.52. The summed E-state index contributed by atoms with van der Waals surface area (Å²) in [5.41, 5.74) is 7.31. The molecule has 1 amide bonds. The maximum atomic E-state index is 12.1. The second kappa shape index (κ2) is 9.38. The fraction of sp³-hybridized carbons (Fsp3) is 0.263. The second-order valence-corrected chi connectivity index (χ2v) is 5.42. The molecule has 2 rings (SSSR count). The molecule has 2 N–H and O–H groups in total. The third-order valence-electron chi connectivity index (χ3n) is 3.58. The zero-order valence-electron chi connectivity index (χ0n) is 13.9. The van der Waals surface area contributed by atoms with Crippen LogP contribution in [0.3, 0.4) is 0 Å². The number of nitrogens with one attached hydrogen (secondary N) is 2. The van der Waals surface area contributed by atoms with Gasteiger partial charge in [-0.1, -0.05) is 12.1 Å². The molecule has 0 spiro atoms. The summed E-state index contributed by atoms with van der Waals surface area (Å²) in [6.07, 6.45) is 2.75. The number of hydrogen-bond acceptors (Lipinski definition) is 2. The Morgan fingerprint density at radius 3 is 2.24 bits per heavy atom. The van der Waals surface area contributed by atoms with Crippen LogP contribution in [0.5, 0.6) is 0 Å². The molecule has 1 aromatic carbocycles. The molecule has 0 aliphatic heterocycles. The topological polar surface area (TPSA) is 45.0 Å². The van der Waals surface area contributed by atoms with E-state index in [1.54, 1.807) is 12.1 Å². The lowest BCUT2D eigenvalue weighted by atomic mass is 10.1. The van der Waals surface area contributed by atoms with Crippen molar-refractivity contribution in [2.75, 3.05) is 5.43 Å². The molecule has 130 valence electrons. The van der Waals surface area contributed by atoms with E-state index in [0.29, 0.717) is 12.2 Å². The van der Waals surface area contributed by atoms with Crippen LogP contribution in [0.15, 0.2) is 48.8 Å². The normalized spacial score (nSPS) is 10.1. The Balaban J connectivity index is 1.82. The number of rotatable bonds is 7. The third-order valence-corrected chi connectivity index (χ3v) is 3.58. The summed E-state index contributed by atoms with van der Waals surface area (Å²) in [6.45, 7) is 2.51. The molecule has 0 fully saturated rings. The molecule has 0 radical (unpaired) electrons. The predicted molar refractivity (Wildman–Crippen MR) is 91.7 cm³/mol. The molecular weight excluding hydrogens is 324 g/mol. The smallest absolute Gasteiger partial charge is 0.298 e. The number of nitrogens with zero attached hydrogens (tertiary/aromatic N) is 1. The van der Waals surface area contributed by atoms with Crippen molar-refractivity contribution in [3.8, 4) is 11.8 Å². The molecule has 0 aliphatic rings. The zero-order valence-corrected chi connectivity index (χ0v) is 13.9. The lowest BCUT2D eigenvalue weighted by Gasteiger charge is -2.08. The van der Waals surface area contributed by atoms with Crippen molar-refractivity contribution in [2.24, 2.45) is 0 Å². The average Bonchev–Trinajstić information content (AvgIpc) is 2.64. The second-order valence-electron chi connectivity index (χ2n) is 5.42. The maximum absolute atomic E-state index is 12.1. The van der Waals surface area contributed by atoms with Gasteiger partial charge >= 0.3 is 12.3 Å². The highest BCUT2D eigenvalue weighted by Crippen LogP contribution is 2.11. The van der Waals surface area contributed by atoms with Crippen LogP contribution in [-0.2, 0) is 24.2 Å². The molecule has 25 heavy (non-hydrogen) atoms. The average molecular weight is 344 g/mol. The third kappa shape index (κ3) is 6.22. The van der Waals surface area contributed by atoms with E-state index >= 15 is 0 Å². The monoisotopic (exact) mass is 344 g/mol. The van der Waals surface area contributed by atoms with Crippen LogP contribution in [0.1, 0.15) is 18.1 Å². The van der Waals surface area contributed by atoms with Gasteiger partial charge in [0.05, 0.1) is 5.69 Å². The first-order valence-electron chi connectivity index (χ1n) is 7.89. The number of hydrazine groups is 1. The van der Waals surface area contributed by atoms with Crippen molar-refractivity contribution in [1.29, 1.82) is 0 Å². The molecule has 0 saturated carbocycles. The minimum Gasteiger partial charge on any atom is -0.298 e. The number of benzene rings is 1. The molecule has 2 aromatic rings. The molecule has 0 atom stereocenters. The van der Waals surface area contributed by atoms with E-state index in [1.807, 2.05) is 41.4 Å². The molecule has 0 saturated heterocycles. The van der Waals surface area contributed by atoms with Crippen LogP contribution < -0.4 is 15.4 Å². The van der Waals surface area contributed by atoms with Crippen LogP contribution >= 0.6 is 0 Å². The van der Waals surface area contributed by atoms with E-state index in [9.17, 15) is 13.6 Å². The van der Waals surface area contributed by atoms with Crippen LogP contribution in [0.25, 0.3) is 0 Å². The summed E-state index contributed by atoms with van der Waals surface area (Å²) in [4.78, 5) is 10.8. The van der Waals surface area contributed by atoms with E-state index in [2.05, 4.69) is 29.4 Å². The highest BCUT2D eigenvalue weighted by atomic mass is 19.3. The molecule has 4 nitrogen and oxygen atoms in total. The molecule has 0 unspecified atom stereocenters. The van der Waals surface area contributed by atoms with Gasteiger partial charge in [-0.2, -0.15) is 13.3 Å². The fourth-order valence-corrected chi connectivity index (χ4v) is 2.16. The standard InChI is InChI=1S/C19H19F2N3O/c1-2-3-12-24-13-10-16(11-14-24)5-4-15-6-8-17(9-7-15)22-23-19(25)18(20)21/h6-11,13-14,18,22H,4-5,12H2,1H3/p+1. The van der Waals surface area contributed by atoms with E-state index < -0.39 is 12.3 Å². The number of aryl methyl sites for hydroxylation is 2. The summed E-state index contributed by atoms with van der Waals surface area (Å²) in [7, 11) is 0. The van der Waals surface area contributed by atoms with Crippen molar-refractivity contribution in [1.82, 2.24) is 5.43 Å². The minimum absolute atomic E-state index is 0.551. The number of alkyl halides is 2. The van der Waals surface area contributed by atoms with Crippen molar-refractivity contribution < 1.29 is 18.1 Å². The van der Waals surface area contributed by atoms with Gasteiger partial charge in [0.25, 0.3) is 0 Å². The van der Waals surface area contributed by atoms with E-state index in [-0.39, 0.29) is 0 Å². The lowest BCUT2D eigenvalue weighted by molar-refractivity contribution is -0.684. The van der Waals surface area contributed by atoms with Crippen molar-refractivity contribution >= 4 is 11.6 Å². The van der Waals surface area contributed by atoms with Gasteiger partial charge in [0.1, 0.15) is 0 Å². The van der Waals surface area contributed by atoms with Crippen LogP contribution in [0.4, 0.5) is 14.5 Å². The van der Waals surface area contributed by atoms with Crippen molar-refractivity contribution in [2.45, 2.75) is 32.7 Å². The van der Waals surface area contributed by atoms with Crippen LogP contribution in [0, 0.1) is 11.8 Å². The number of halogens is 2. The maximum Gasteiger partial charge on any atom is 0.317 e. The summed E-state index contributed by atoms with van der Waals surface area (Å²) < 4.78 is 26.2. The zero-order chi connectivity index (χ0) is 18.1.